The van der Waals surface area contributed by atoms with Crippen molar-refractivity contribution in [2.24, 2.45) is 0 Å². The van der Waals surface area contributed by atoms with E-state index in [-0.39, 0.29) is 37.6 Å². The zero-order valence-corrected chi connectivity index (χ0v) is 18.3. The predicted molar refractivity (Wildman–Crippen MR) is 117 cm³/mol. The van der Waals surface area contributed by atoms with E-state index >= 15 is 0 Å². The maximum Gasteiger partial charge on any atom is 0.339 e. The molecule has 3 rings (SSSR count). The van der Waals surface area contributed by atoms with Gasteiger partial charge in [0.1, 0.15) is 16.3 Å². The number of rotatable bonds is 5. The predicted octanol–water partition coefficient (Wildman–Crippen LogP) is 6.64. The summed E-state index contributed by atoms with van der Waals surface area (Å²) in [5, 5.41) is 13.8. The first-order valence-corrected chi connectivity index (χ1v) is 10.2. The van der Waals surface area contributed by atoms with E-state index < -0.39 is 11.9 Å². The molecule has 0 atom stereocenters. The number of hydrogen-bond acceptors (Lipinski definition) is 4. The Labute approximate surface area is 185 Å². The maximum absolute atomic E-state index is 12.8. The van der Waals surface area contributed by atoms with Crippen molar-refractivity contribution in [2.75, 3.05) is 12.4 Å². The molecule has 1 aromatic heterocycles. The average Bonchev–Trinajstić information content (AvgIpc) is 3.09. The number of nitrogens with one attached hydrogen (secondary N) is 1. The summed E-state index contributed by atoms with van der Waals surface area (Å²) in [4.78, 5) is 25.2. The van der Waals surface area contributed by atoms with Crippen molar-refractivity contribution in [1.29, 1.82) is 0 Å². The Balaban J connectivity index is 2.01. The fourth-order valence-electron chi connectivity index (χ4n) is 2.69. The van der Waals surface area contributed by atoms with Crippen LogP contribution in [0, 0.1) is 6.92 Å². The highest BCUT2D eigenvalue weighted by Crippen LogP contribution is 2.40. The summed E-state index contributed by atoms with van der Waals surface area (Å²) in [6.07, 6.45) is 0. The van der Waals surface area contributed by atoms with E-state index in [9.17, 15) is 14.7 Å². The topological polar surface area (TPSA) is 75.6 Å². The number of amides is 1. The van der Waals surface area contributed by atoms with E-state index in [0.29, 0.717) is 4.88 Å². The summed E-state index contributed by atoms with van der Waals surface area (Å²) < 4.78 is 5.06. The summed E-state index contributed by atoms with van der Waals surface area (Å²) in [6.45, 7) is 1.94. The lowest BCUT2D eigenvalue weighted by Crippen LogP contribution is -2.15. The molecule has 1 amide bonds. The van der Waals surface area contributed by atoms with Crippen LogP contribution in [0.4, 0.5) is 5.69 Å². The van der Waals surface area contributed by atoms with Crippen molar-refractivity contribution in [1.82, 2.24) is 0 Å². The van der Waals surface area contributed by atoms with Gasteiger partial charge in [0, 0.05) is 11.4 Å². The molecule has 0 aliphatic rings. The first kappa shape index (κ1) is 21.5. The van der Waals surface area contributed by atoms with Gasteiger partial charge in [0.2, 0.25) is 0 Å². The molecule has 9 heteroatoms. The van der Waals surface area contributed by atoms with Crippen molar-refractivity contribution in [3.8, 4) is 16.2 Å². The van der Waals surface area contributed by atoms with Gasteiger partial charge < -0.3 is 15.2 Å². The number of benzene rings is 2. The third-order valence-corrected chi connectivity index (χ3v) is 6.32. The molecule has 2 N–H and O–H groups in total. The second-order valence-corrected chi connectivity index (χ2v) is 8.09. The van der Waals surface area contributed by atoms with Crippen LogP contribution in [-0.2, 0) is 0 Å². The Morgan fingerprint density at radius 1 is 1.07 bits per heavy atom. The summed E-state index contributed by atoms with van der Waals surface area (Å²) >= 11 is 19.7. The van der Waals surface area contributed by atoms with Crippen LogP contribution < -0.4 is 10.1 Å². The molecule has 0 bridgehead atoms. The van der Waals surface area contributed by atoms with Crippen LogP contribution in [0.2, 0.25) is 15.1 Å². The van der Waals surface area contributed by atoms with E-state index in [4.69, 9.17) is 39.5 Å². The Bertz CT molecular complexity index is 1110. The van der Waals surface area contributed by atoms with E-state index in [2.05, 4.69) is 5.32 Å². The molecule has 0 aliphatic heterocycles. The molecular formula is C20H14Cl3NO4S. The molecule has 1 heterocycles. The maximum atomic E-state index is 12.8. The molecule has 0 saturated heterocycles. The lowest BCUT2D eigenvalue weighted by Gasteiger charge is -2.12. The SMILES string of the molecule is COc1cc(Cl)c(C(=O)Nc2csc(-c3ccc(C)cc3)c2C(=O)O)c(Cl)c1Cl. The van der Waals surface area contributed by atoms with E-state index in [0.717, 1.165) is 11.1 Å². The third kappa shape index (κ3) is 4.21. The number of anilines is 1. The number of thiophene rings is 1. The highest BCUT2D eigenvalue weighted by Gasteiger charge is 2.25. The van der Waals surface area contributed by atoms with E-state index in [1.54, 1.807) is 5.38 Å². The molecule has 0 spiro atoms. The van der Waals surface area contributed by atoms with Gasteiger partial charge in [0.25, 0.3) is 5.91 Å². The summed E-state index contributed by atoms with van der Waals surface area (Å²) in [5.74, 6) is -1.62. The number of hydrogen-bond donors (Lipinski definition) is 2. The molecule has 150 valence electrons. The van der Waals surface area contributed by atoms with Gasteiger partial charge >= 0.3 is 5.97 Å². The summed E-state index contributed by atoms with van der Waals surface area (Å²) in [7, 11) is 1.39. The monoisotopic (exact) mass is 469 g/mol. The number of carboxylic acid groups (broad SMARTS) is 1. The van der Waals surface area contributed by atoms with E-state index in [1.807, 2.05) is 31.2 Å². The van der Waals surface area contributed by atoms with Gasteiger partial charge in [0.15, 0.2) is 0 Å². The van der Waals surface area contributed by atoms with Gasteiger partial charge in [0.05, 0.1) is 33.3 Å². The number of carbonyl (C=O) groups excluding carboxylic acids is 1. The molecule has 0 radical (unpaired) electrons. The minimum Gasteiger partial charge on any atom is -0.495 e. The van der Waals surface area contributed by atoms with Crippen molar-refractivity contribution in [3.63, 3.8) is 0 Å². The average molecular weight is 471 g/mol. The fourth-order valence-corrected chi connectivity index (χ4v) is 4.53. The van der Waals surface area contributed by atoms with Crippen molar-refractivity contribution in [2.45, 2.75) is 6.92 Å². The number of halogens is 3. The standard InChI is InChI=1S/C20H14Cl3NO4S/c1-9-3-5-10(6-4-9)18-15(20(26)27)12(8-29-18)24-19(25)14-11(21)7-13(28-2)16(22)17(14)23/h3-8H,1-2H3,(H,24,25)(H,26,27). The molecule has 0 saturated carbocycles. The van der Waals surface area contributed by atoms with Crippen LogP contribution >= 0.6 is 46.1 Å². The third-order valence-electron chi connectivity index (χ3n) is 4.14. The highest BCUT2D eigenvalue weighted by molar-refractivity contribution is 7.14. The van der Waals surface area contributed by atoms with Crippen molar-refractivity contribution >= 4 is 63.7 Å². The first-order chi connectivity index (χ1) is 13.7. The Morgan fingerprint density at radius 3 is 2.31 bits per heavy atom. The van der Waals surface area contributed by atoms with E-state index in [1.165, 1.54) is 24.5 Å². The van der Waals surface area contributed by atoms with Gasteiger partial charge in [-0.1, -0.05) is 64.6 Å². The van der Waals surface area contributed by atoms with Crippen LogP contribution in [0.15, 0.2) is 35.7 Å². The van der Waals surface area contributed by atoms with Gasteiger partial charge in [-0.2, -0.15) is 0 Å². The normalized spacial score (nSPS) is 10.7. The first-order valence-electron chi connectivity index (χ1n) is 8.19. The highest BCUT2D eigenvalue weighted by atomic mass is 35.5. The fraction of sp³-hybridized carbons (Fsp3) is 0.100. The molecule has 29 heavy (non-hydrogen) atoms. The summed E-state index contributed by atoms with van der Waals surface area (Å²) in [5.41, 5.74) is 1.85. The number of ether oxygens (including phenoxy) is 1. The van der Waals surface area contributed by atoms with Crippen LogP contribution in [0.1, 0.15) is 26.3 Å². The van der Waals surface area contributed by atoms with Crippen molar-refractivity contribution < 1.29 is 19.4 Å². The minimum atomic E-state index is -1.16. The zero-order valence-electron chi connectivity index (χ0n) is 15.2. The van der Waals surface area contributed by atoms with Crippen LogP contribution in [-0.4, -0.2) is 24.1 Å². The van der Waals surface area contributed by atoms with Crippen LogP contribution in [0.5, 0.6) is 5.75 Å². The quantitative estimate of drug-likeness (QED) is 0.410. The molecule has 0 fully saturated rings. The number of methoxy groups -OCH3 is 1. The summed E-state index contributed by atoms with van der Waals surface area (Å²) in [6, 6.07) is 8.80. The number of aryl methyl sites for hydroxylation is 1. The molecule has 0 aliphatic carbocycles. The minimum absolute atomic E-state index is 0.0148. The second-order valence-electron chi connectivity index (χ2n) is 6.04. The molecular weight excluding hydrogens is 457 g/mol. The number of aromatic carboxylic acids is 1. The Hall–Kier alpha value is -2.25. The smallest absolute Gasteiger partial charge is 0.339 e. The Kier molecular flexibility index (Phi) is 6.39. The van der Waals surface area contributed by atoms with Crippen LogP contribution in [0.3, 0.4) is 0 Å². The lowest BCUT2D eigenvalue weighted by molar-refractivity contribution is 0.0699. The number of carboxylic acids is 1. The number of carbonyl (C=O) groups is 2. The zero-order chi connectivity index (χ0) is 21.3. The van der Waals surface area contributed by atoms with Gasteiger partial charge in [-0.15, -0.1) is 11.3 Å². The van der Waals surface area contributed by atoms with Crippen molar-refractivity contribution in [3.05, 3.63) is 67.5 Å². The molecule has 2 aromatic carbocycles. The molecule has 0 unspecified atom stereocenters. The largest absolute Gasteiger partial charge is 0.495 e. The second kappa shape index (κ2) is 8.63. The van der Waals surface area contributed by atoms with Crippen LogP contribution in [0.25, 0.3) is 10.4 Å². The van der Waals surface area contributed by atoms with Gasteiger partial charge in [-0.25, -0.2) is 4.79 Å². The lowest BCUT2D eigenvalue weighted by atomic mass is 10.1. The van der Waals surface area contributed by atoms with Gasteiger partial charge in [-0.05, 0) is 12.5 Å². The Morgan fingerprint density at radius 2 is 1.72 bits per heavy atom. The van der Waals surface area contributed by atoms with Gasteiger partial charge in [-0.3, -0.25) is 4.79 Å². The molecule has 5 nitrogen and oxygen atoms in total. The molecule has 3 aromatic rings.